The van der Waals surface area contributed by atoms with Gasteiger partial charge < -0.3 is 29.4 Å². The minimum Gasteiger partial charge on any atom is -0.492 e. The van der Waals surface area contributed by atoms with E-state index in [1.54, 1.807) is 30.2 Å². The van der Waals surface area contributed by atoms with Gasteiger partial charge in [-0.05, 0) is 45.6 Å². The fraction of sp³-hybridized carbons (Fsp3) is 0.542. The van der Waals surface area contributed by atoms with E-state index in [9.17, 15) is 19.5 Å². The van der Waals surface area contributed by atoms with E-state index < -0.39 is 34.5 Å². The highest BCUT2D eigenvalue weighted by atomic mass is 19.1. The van der Waals surface area contributed by atoms with Crippen LogP contribution in [0.2, 0.25) is 0 Å². The van der Waals surface area contributed by atoms with E-state index in [0.717, 1.165) is 18.9 Å². The number of carbonyl (C=O) groups excluding carboxylic acids is 1. The maximum Gasteiger partial charge on any atom is 0.407 e. The zero-order valence-corrected chi connectivity index (χ0v) is 20.0. The number of aromatic carboxylic acids is 1. The third-order valence-electron chi connectivity index (χ3n) is 6.20. The van der Waals surface area contributed by atoms with Crippen LogP contribution in [0.5, 0.6) is 5.75 Å². The lowest BCUT2D eigenvalue weighted by Crippen LogP contribution is -2.42. The van der Waals surface area contributed by atoms with Crippen LogP contribution in [0.1, 0.15) is 56.9 Å². The number of anilines is 1. The minimum atomic E-state index is -1.35. The summed E-state index contributed by atoms with van der Waals surface area (Å²) >= 11 is 0. The highest BCUT2D eigenvalue weighted by Gasteiger charge is 2.37. The average Bonchev–Trinajstić information content (AvgIpc) is 3.50. The summed E-state index contributed by atoms with van der Waals surface area (Å²) in [5.74, 6) is -1.86. The molecule has 1 aromatic carbocycles. The second-order valence-electron chi connectivity index (χ2n) is 10.1. The van der Waals surface area contributed by atoms with Gasteiger partial charge in [-0.15, -0.1) is 0 Å². The predicted molar refractivity (Wildman–Crippen MR) is 124 cm³/mol. The van der Waals surface area contributed by atoms with Gasteiger partial charge in [0.05, 0.1) is 24.1 Å². The van der Waals surface area contributed by atoms with Crippen LogP contribution in [0.3, 0.4) is 0 Å². The molecule has 0 spiro atoms. The van der Waals surface area contributed by atoms with Crippen LogP contribution in [0, 0.1) is 11.7 Å². The predicted octanol–water partition coefficient (Wildman–Crippen LogP) is 3.53. The van der Waals surface area contributed by atoms with Crippen molar-refractivity contribution in [2.24, 2.45) is 5.92 Å². The monoisotopic (exact) mass is 475 g/mol. The number of ether oxygens (including phenoxy) is 2. The molecule has 2 aliphatic rings. The highest BCUT2D eigenvalue weighted by molar-refractivity contribution is 5.97. The molecule has 4 rings (SSSR count). The second kappa shape index (κ2) is 8.48. The molecule has 1 saturated carbocycles. The zero-order valence-electron chi connectivity index (χ0n) is 20.0. The Labute approximate surface area is 196 Å². The van der Waals surface area contributed by atoms with E-state index in [1.165, 1.54) is 13.3 Å². The fourth-order valence-corrected chi connectivity index (χ4v) is 4.52. The first-order valence-corrected chi connectivity index (χ1v) is 11.3. The SMILES string of the molecule is COc1c(N2C[C@H](C)[C@H](NC(=O)OC(C)(C)C)C2)c(F)cc2c(=O)c(C(=O)O)cn(C3CC3)c12. The van der Waals surface area contributed by atoms with E-state index in [1.807, 2.05) is 6.92 Å². The summed E-state index contributed by atoms with van der Waals surface area (Å²) in [4.78, 5) is 38.6. The number of alkyl carbamates (subject to hydrolysis) is 1. The van der Waals surface area contributed by atoms with Crippen LogP contribution in [-0.4, -0.2) is 53.6 Å². The molecule has 1 aromatic heterocycles. The number of hydrogen-bond acceptors (Lipinski definition) is 6. The molecule has 2 atom stereocenters. The lowest BCUT2D eigenvalue weighted by atomic mass is 10.1. The summed E-state index contributed by atoms with van der Waals surface area (Å²) in [5, 5.41) is 12.3. The van der Waals surface area contributed by atoms with Crippen molar-refractivity contribution in [3.8, 4) is 5.75 Å². The topological polar surface area (TPSA) is 110 Å². The molecule has 2 heterocycles. The third kappa shape index (κ3) is 4.41. The largest absolute Gasteiger partial charge is 0.492 e. The summed E-state index contributed by atoms with van der Waals surface area (Å²) in [6.45, 7) is 8.05. The fourth-order valence-electron chi connectivity index (χ4n) is 4.52. The van der Waals surface area contributed by atoms with E-state index >= 15 is 4.39 Å². The third-order valence-corrected chi connectivity index (χ3v) is 6.20. The first-order valence-electron chi connectivity index (χ1n) is 11.3. The van der Waals surface area contributed by atoms with E-state index in [2.05, 4.69) is 5.32 Å². The minimum absolute atomic E-state index is 0.00710. The van der Waals surface area contributed by atoms with Crippen molar-refractivity contribution in [1.29, 1.82) is 0 Å². The number of methoxy groups -OCH3 is 1. The van der Waals surface area contributed by atoms with E-state index in [0.29, 0.717) is 18.6 Å². The van der Waals surface area contributed by atoms with Crippen molar-refractivity contribution in [1.82, 2.24) is 9.88 Å². The molecule has 9 nitrogen and oxygen atoms in total. The van der Waals surface area contributed by atoms with Gasteiger partial charge in [0.2, 0.25) is 5.43 Å². The van der Waals surface area contributed by atoms with Crippen LogP contribution < -0.4 is 20.4 Å². The first-order chi connectivity index (χ1) is 15.9. The number of carbonyl (C=O) groups is 2. The second-order valence-corrected chi connectivity index (χ2v) is 10.1. The number of fused-ring (bicyclic) bond motifs is 1. The standard InChI is InChI=1S/C24H30FN3O6/c1-12-9-27(11-17(12)26-23(32)34-24(2,3)4)19-16(25)8-14-18(21(19)33-5)28(13-6-7-13)10-15(20(14)29)22(30)31/h8,10,12-13,17H,6-7,9,11H2,1-5H3,(H,26,32)(H,30,31)/t12-,17+/m0/s1. The number of pyridine rings is 1. The molecular weight excluding hydrogens is 445 g/mol. The van der Waals surface area contributed by atoms with Crippen LogP contribution in [0.15, 0.2) is 17.1 Å². The Morgan fingerprint density at radius 3 is 2.47 bits per heavy atom. The van der Waals surface area contributed by atoms with Gasteiger partial charge in [-0.1, -0.05) is 6.92 Å². The smallest absolute Gasteiger partial charge is 0.407 e. The summed E-state index contributed by atoms with van der Waals surface area (Å²) in [7, 11) is 1.40. The number of nitrogens with one attached hydrogen (secondary N) is 1. The molecule has 2 N–H and O–H groups in total. The summed E-state index contributed by atoms with van der Waals surface area (Å²) < 4.78 is 28.2. The number of hydrogen-bond donors (Lipinski definition) is 2. The lowest BCUT2D eigenvalue weighted by molar-refractivity contribution is 0.0499. The Kier molecular flexibility index (Phi) is 5.95. The molecule has 1 aliphatic heterocycles. The number of nitrogens with zero attached hydrogens (tertiary/aromatic N) is 2. The van der Waals surface area contributed by atoms with Crippen molar-refractivity contribution in [3.63, 3.8) is 0 Å². The Hall–Kier alpha value is -3.30. The Bertz CT molecular complexity index is 1210. The molecule has 1 saturated heterocycles. The van der Waals surface area contributed by atoms with Gasteiger partial charge >= 0.3 is 12.1 Å². The molecule has 0 bridgehead atoms. The summed E-state index contributed by atoms with van der Waals surface area (Å²) in [5.41, 5.74) is -1.21. The Morgan fingerprint density at radius 1 is 1.24 bits per heavy atom. The van der Waals surface area contributed by atoms with Gasteiger partial charge in [0, 0.05) is 25.3 Å². The van der Waals surface area contributed by atoms with Crippen molar-refractivity contribution in [3.05, 3.63) is 33.9 Å². The Morgan fingerprint density at radius 2 is 1.91 bits per heavy atom. The van der Waals surface area contributed by atoms with Crippen LogP contribution in [-0.2, 0) is 4.74 Å². The number of rotatable bonds is 5. The number of halogens is 1. The number of carboxylic acids is 1. The maximum atomic E-state index is 15.5. The summed E-state index contributed by atoms with van der Waals surface area (Å²) in [6, 6.07) is 0.835. The average molecular weight is 476 g/mol. The lowest BCUT2D eigenvalue weighted by Gasteiger charge is -2.25. The van der Waals surface area contributed by atoms with Gasteiger partial charge in [-0.2, -0.15) is 0 Å². The molecule has 2 fully saturated rings. The Balaban J connectivity index is 1.77. The number of carboxylic acid groups (broad SMARTS) is 1. The number of benzene rings is 1. The highest BCUT2D eigenvalue weighted by Crippen LogP contribution is 2.44. The van der Waals surface area contributed by atoms with E-state index in [4.69, 9.17) is 9.47 Å². The molecule has 34 heavy (non-hydrogen) atoms. The van der Waals surface area contributed by atoms with Crippen LogP contribution >= 0.6 is 0 Å². The normalized spacial score (nSPS) is 20.5. The molecule has 0 radical (unpaired) electrons. The van der Waals surface area contributed by atoms with Crippen LogP contribution in [0.4, 0.5) is 14.9 Å². The molecule has 184 valence electrons. The van der Waals surface area contributed by atoms with Gasteiger partial charge in [0.15, 0.2) is 11.6 Å². The van der Waals surface area contributed by atoms with Crippen molar-refractivity contribution < 1.29 is 28.6 Å². The van der Waals surface area contributed by atoms with Gasteiger partial charge in [-0.3, -0.25) is 4.79 Å². The molecule has 2 aromatic rings. The summed E-state index contributed by atoms with van der Waals surface area (Å²) in [6.07, 6.45) is 2.44. The number of amides is 1. The quantitative estimate of drug-likeness (QED) is 0.681. The van der Waals surface area contributed by atoms with Crippen molar-refractivity contribution >= 4 is 28.7 Å². The van der Waals surface area contributed by atoms with Gasteiger partial charge in [-0.25, -0.2) is 14.0 Å². The zero-order chi connectivity index (χ0) is 24.9. The van der Waals surface area contributed by atoms with Gasteiger partial charge in [0.25, 0.3) is 0 Å². The van der Waals surface area contributed by atoms with Crippen LogP contribution in [0.25, 0.3) is 10.9 Å². The van der Waals surface area contributed by atoms with E-state index in [-0.39, 0.29) is 34.8 Å². The molecule has 0 unspecified atom stereocenters. The number of aromatic nitrogens is 1. The maximum absolute atomic E-state index is 15.5. The van der Waals surface area contributed by atoms with Gasteiger partial charge in [0.1, 0.15) is 16.9 Å². The molecule has 1 amide bonds. The van der Waals surface area contributed by atoms with Crippen molar-refractivity contribution in [2.75, 3.05) is 25.1 Å². The van der Waals surface area contributed by atoms with Crippen molar-refractivity contribution in [2.45, 2.75) is 58.2 Å². The first kappa shape index (κ1) is 23.8. The molecular formula is C24H30FN3O6. The molecule has 10 heteroatoms. The molecule has 1 aliphatic carbocycles.